The highest BCUT2D eigenvalue weighted by Crippen LogP contribution is 2.73. The minimum absolute atomic E-state index is 0.747. The van der Waals surface area contributed by atoms with Crippen LogP contribution in [-0.2, 0) is 0 Å². The molecule has 0 saturated carbocycles. The van der Waals surface area contributed by atoms with Crippen LogP contribution in [0, 0.1) is 0 Å². The Balaban J connectivity index is 2.92. The molecule has 1 saturated heterocycles. The highest BCUT2D eigenvalue weighted by Gasteiger charge is 2.71. The summed E-state index contributed by atoms with van der Waals surface area (Å²) in [5.74, 6) is 0. The Kier molecular flexibility index (Phi) is 1.75. The van der Waals surface area contributed by atoms with Gasteiger partial charge in [0, 0.05) is 7.59 Å². The first-order valence-corrected chi connectivity index (χ1v) is 11.7. The van der Waals surface area contributed by atoms with Crippen LogP contribution < -0.4 is 0 Å². The lowest BCUT2D eigenvalue weighted by Gasteiger charge is -2.27. The maximum Gasteiger partial charge on any atom is 0.0526 e. The van der Waals surface area contributed by atoms with Gasteiger partial charge in [0.1, 0.15) is 0 Å². The first-order chi connectivity index (χ1) is 4.65. The highest BCUT2D eigenvalue weighted by atomic mass is 29.3. The van der Waals surface area contributed by atoms with Crippen LogP contribution in [0.1, 0.15) is 20.8 Å². The van der Waals surface area contributed by atoms with Gasteiger partial charge in [0.05, 0.1) is 7.59 Å². The van der Waals surface area contributed by atoms with E-state index in [1.54, 1.807) is 0 Å². The van der Waals surface area contributed by atoms with Crippen molar-refractivity contribution in [3.05, 3.63) is 0 Å². The molecule has 66 valence electrons. The molecule has 0 bridgehead atoms. The van der Waals surface area contributed by atoms with Gasteiger partial charge in [0.25, 0.3) is 0 Å². The van der Waals surface area contributed by atoms with Crippen LogP contribution in [0.5, 0.6) is 0 Å². The van der Waals surface area contributed by atoms with Gasteiger partial charge in [-0.1, -0.05) is 47.0 Å². The van der Waals surface area contributed by atoms with Crippen LogP contribution in [-0.4, -0.2) is 15.2 Å². The molecular formula is C9H22Si2. The highest BCUT2D eigenvalue weighted by molar-refractivity contribution is 7.47. The molecule has 1 aliphatic heterocycles. The third-order valence-electron chi connectivity index (χ3n) is 4.76. The third-order valence-corrected chi connectivity index (χ3v) is 25.7. The zero-order valence-electron chi connectivity index (χ0n) is 9.08. The molecule has 0 radical (unpaired) electrons. The van der Waals surface area contributed by atoms with E-state index in [4.69, 9.17) is 0 Å². The molecule has 1 fully saturated rings. The van der Waals surface area contributed by atoms with Crippen LogP contribution in [0.4, 0.5) is 0 Å². The van der Waals surface area contributed by atoms with Crippen LogP contribution in [0.3, 0.4) is 0 Å². The summed E-state index contributed by atoms with van der Waals surface area (Å²) in [4.78, 5) is 0. The second kappa shape index (κ2) is 2.02. The van der Waals surface area contributed by atoms with E-state index < -0.39 is 15.2 Å². The predicted molar refractivity (Wildman–Crippen MR) is 58.4 cm³/mol. The second-order valence-electron chi connectivity index (χ2n) is 5.90. The van der Waals surface area contributed by atoms with E-state index in [0.29, 0.717) is 0 Å². The summed E-state index contributed by atoms with van der Waals surface area (Å²) < 4.78 is 0. The Morgan fingerprint density at radius 2 is 1.45 bits per heavy atom. The number of hydrogen-bond donors (Lipinski definition) is 0. The summed E-state index contributed by atoms with van der Waals surface area (Å²) in [5.41, 5.74) is 1.07. The van der Waals surface area contributed by atoms with E-state index in [9.17, 15) is 0 Å². The van der Waals surface area contributed by atoms with Crippen molar-refractivity contribution in [3.8, 4) is 0 Å². The molecule has 0 aromatic rings. The summed E-state index contributed by atoms with van der Waals surface area (Å²) in [6, 6.07) is 0. The van der Waals surface area contributed by atoms with Crippen molar-refractivity contribution in [2.45, 2.75) is 57.5 Å². The number of rotatable bonds is 1. The Labute approximate surface area is 73.2 Å². The molecular weight excluding hydrogens is 164 g/mol. The van der Waals surface area contributed by atoms with Gasteiger partial charge in [-0.05, 0) is 10.6 Å². The molecule has 1 aliphatic rings. The largest absolute Gasteiger partial charge is 0.0714 e. The van der Waals surface area contributed by atoms with Gasteiger partial charge in [-0.3, -0.25) is 0 Å². The zero-order valence-corrected chi connectivity index (χ0v) is 11.1. The maximum atomic E-state index is 2.63. The van der Waals surface area contributed by atoms with E-state index in [-0.39, 0.29) is 0 Å². The van der Waals surface area contributed by atoms with E-state index in [1.807, 2.05) is 0 Å². The van der Waals surface area contributed by atoms with Gasteiger partial charge in [-0.15, -0.1) is 0 Å². The summed E-state index contributed by atoms with van der Waals surface area (Å²) in [6.07, 6.45) is 0. The summed E-state index contributed by atoms with van der Waals surface area (Å²) in [6.45, 7) is 17.8. The molecule has 0 aliphatic carbocycles. The Bertz CT molecular complexity index is 166. The van der Waals surface area contributed by atoms with Crippen molar-refractivity contribution in [1.82, 2.24) is 0 Å². The van der Waals surface area contributed by atoms with Gasteiger partial charge in [-0.2, -0.15) is 0 Å². The fraction of sp³-hybridized carbons (Fsp3) is 1.00. The SMILES string of the molecule is CC1C(C)(C)[Si]1(C)[Si](C)(C)C. The minimum atomic E-state index is -0.807. The minimum Gasteiger partial charge on any atom is -0.0714 e. The van der Waals surface area contributed by atoms with Crippen LogP contribution in [0.25, 0.3) is 0 Å². The molecule has 2 unspecified atom stereocenters. The van der Waals surface area contributed by atoms with Gasteiger partial charge >= 0.3 is 0 Å². The van der Waals surface area contributed by atoms with E-state index in [1.165, 1.54) is 0 Å². The van der Waals surface area contributed by atoms with Crippen molar-refractivity contribution < 1.29 is 0 Å². The molecule has 0 aromatic heterocycles. The topological polar surface area (TPSA) is 0 Å². The predicted octanol–water partition coefficient (Wildman–Crippen LogP) is 3.67. The normalized spacial score (nSPS) is 42.3. The molecule has 0 aromatic carbocycles. The lowest BCUT2D eigenvalue weighted by atomic mass is 10.2. The molecule has 0 nitrogen and oxygen atoms in total. The fourth-order valence-electron chi connectivity index (χ4n) is 2.89. The first kappa shape index (κ1) is 9.52. The molecule has 0 amide bonds. The van der Waals surface area contributed by atoms with Gasteiger partial charge in [0.2, 0.25) is 0 Å². The van der Waals surface area contributed by atoms with Crippen LogP contribution in [0.15, 0.2) is 0 Å². The summed E-state index contributed by atoms with van der Waals surface area (Å²) in [5, 5.41) is 0.747. The second-order valence-corrected chi connectivity index (χ2v) is 22.6. The quantitative estimate of drug-likeness (QED) is 0.548. The van der Waals surface area contributed by atoms with Crippen molar-refractivity contribution >= 4 is 15.2 Å². The molecule has 0 N–H and O–H groups in total. The van der Waals surface area contributed by atoms with Crippen LogP contribution in [0.2, 0.25) is 36.8 Å². The Morgan fingerprint density at radius 1 is 1.18 bits per heavy atom. The van der Waals surface area contributed by atoms with Gasteiger partial charge in [-0.25, -0.2) is 0 Å². The standard InChI is InChI=1S/C9H22Si2/c1-8-9(2,3)11(8,7)10(4,5)6/h8H,1-7H3. The summed E-state index contributed by atoms with van der Waals surface area (Å²) in [7, 11) is -1.61. The smallest absolute Gasteiger partial charge is 0.0526 e. The first-order valence-electron chi connectivity index (χ1n) is 4.65. The molecule has 11 heavy (non-hydrogen) atoms. The van der Waals surface area contributed by atoms with Crippen molar-refractivity contribution in [3.63, 3.8) is 0 Å². The lowest BCUT2D eigenvalue weighted by Crippen LogP contribution is -2.46. The lowest BCUT2D eigenvalue weighted by molar-refractivity contribution is 0.774. The zero-order chi connectivity index (χ0) is 9.08. The van der Waals surface area contributed by atoms with E-state index in [2.05, 4.69) is 47.0 Å². The maximum absolute atomic E-state index is 2.63. The molecule has 2 atom stereocenters. The molecule has 1 heterocycles. The van der Waals surface area contributed by atoms with Crippen molar-refractivity contribution in [2.24, 2.45) is 0 Å². The summed E-state index contributed by atoms with van der Waals surface area (Å²) >= 11 is 0. The Hall–Kier alpha value is 0.434. The van der Waals surface area contributed by atoms with E-state index in [0.717, 1.165) is 10.6 Å². The van der Waals surface area contributed by atoms with Crippen molar-refractivity contribution in [1.29, 1.82) is 0 Å². The molecule has 0 spiro atoms. The average Bonchev–Trinajstić information content (AvgIpc) is 2.14. The van der Waals surface area contributed by atoms with Gasteiger partial charge < -0.3 is 0 Å². The van der Waals surface area contributed by atoms with Crippen LogP contribution >= 0.6 is 0 Å². The van der Waals surface area contributed by atoms with E-state index >= 15 is 0 Å². The van der Waals surface area contributed by atoms with Crippen molar-refractivity contribution in [2.75, 3.05) is 0 Å². The van der Waals surface area contributed by atoms with Gasteiger partial charge in [0.15, 0.2) is 0 Å². The molecule has 1 rings (SSSR count). The third kappa shape index (κ3) is 0.918. The monoisotopic (exact) mass is 186 g/mol. The fourth-order valence-corrected chi connectivity index (χ4v) is 21.0. The average molecular weight is 186 g/mol. The Morgan fingerprint density at radius 3 is 1.45 bits per heavy atom. The molecule has 2 heteroatoms. The number of hydrogen-bond acceptors (Lipinski definition) is 0.